The van der Waals surface area contributed by atoms with Gasteiger partial charge in [-0.15, -0.1) is 0 Å². The number of piperazine rings is 1. The Morgan fingerprint density at radius 2 is 1.95 bits per heavy atom. The third-order valence-corrected chi connectivity index (χ3v) is 4.04. The van der Waals surface area contributed by atoms with Gasteiger partial charge in [-0.2, -0.15) is 0 Å². The van der Waals surface area contributed by atoms with Gasteiger partial charge in [-0.3, -0.25) is 0 Å². The molecule has 1 aromatic rings. The Morgan fingerprint density at radius 1 is 1.16 bits per heavy atom. The number of fused-ring (bicyclic) bond motifs is 1. The van der Waals surface area contributed by atoms with Crippen LogP contribution >= 0.6 is 0 Å². The van der Waals surface area contributed by atoms with Crippen molar-refractivity contribution in [3.63, 3.8) is 0 Å². The first kappa shape index (κ1) is 12.6. The van der Waals surface area contributed by atoms with Crippen molar-refractivity contribution in [2.75, 3.05) is 51.8 Å². The van der Waals surface area contributed by atoms with Crippen LogP contribution in [0, 0.1) is 0 Å². The molecule has 104 valence electrons. The predicted octanol–water partition coefficient (Wildman–Crippen LogP) is 1.77. The molecule has 0 unspecified atom stereocenters. The van der Waals surface area contributed by atoms with Gasteiger partial charge in [0.15, 0.2) is 0 Å². The summed E-state index contributed by atoms with van der Waals surface area (Å²) in [4.78, 5) is 4.79. The molecule has 1 saturated heterocycles. The van der Waals surface area contributed by atoms with Gasteiger partial charge < -0.3 is 19.3 Å². The molecule has 1 aromatic carbocycles. The Labute approximate surface area is 114 Å². The summed E-state index contributed by atoms with van der Waals surface area (Å²) in [5.74, 6) is 2.02. The second-order valence-electron chi connectivity index (χ2n) is 5.38. The van der Waals surface area contributed by atoms with Gasteiger partial charge in [0.25, 0.3) is 0 Å². The van der Waals surface area contributed by atoms with E-state index >= 15 is 0 Å². The molecule has 0 atom stereocenters. The lowest BCUT2D eigenvalue weighted by Gasteiger charge is -2.36. The molecule has 0 aromatic heterocycles. The highest BCUT2D eigenvalue weighted by Gasteiger charge is 2.23. The second-order valence-corrected chi connectivity index (χ2v) is 5.38. The van der Waals surface area contributed by atoms with Crippen LogP contribution in [0.1, 0.15) is 12.0 Å². The average Bonchev–Trinajstić information content (AvgIpc) is 2.47. The fourth-order valence-corrected chi connectivity index (χ4v) is 2.83. The first-order valence-electron chi connectivity index (χ1n) is 7.05. The highest BCUT2D eigenvalue weighted by Crippen LogP contribution is 2.39. The molecule has 3 rings (SSSR count). The summed E-state index contributed by atoms with van der Waals surface area (Å²) in [6, 6.07) is 4.24. The summed E-state index contributed by atoms with van der Waals surface area (Å²) in [6.07, 6.45) is 2.19. The van der Waals surface area contributed by atoms with Crippen LogP contribution in [0.3, 0.4) is 0 Å². The monoisotopic (exact) mass is 262 g/mol. The Bertz CT molecular complexity index is 454. The predicted molar refractivity (Wildman–Crippen MR) is 76.5 cm³/mol. The van der Waals surface area contributed by atoms with Crippen LogP contribution in [0.4, 0.5) is 5.69 Å². The van der Waals surface area contributed by atoms with E-state index in [1.165, 1.54) is 11.3 Å². The number of likely N-dealkylation sites (N-methyl/N-ethyl adjacent to an activating group) is 1. The van der Waals surface area contributed by atoms with Crippen LogP contribution in [0.2, 0.25) is 0 Å². The maximum atomic E-state index is 5.92. The lowest BCUT2D eigenvalue weighted by Crippen LogP contribution is -2.44. The molecule has 2 heterocycles. The third-order valence-electron chi connectivity index (χ3n) is 4.04. The molecular formula is C15H22N2O2. The number of aryl methyl sites for hydroxylation is 1. The molecule has 1 fully saturated rings. The molecule has 0 saturated carbocycles. The van der Waals surface area contributed by atoms with Crippen molar-refractivity contribution in [1.82, 2.24) is 4.90 Å². The summed E-state index contributed by atoms with van der Waals surface area (Å²) < 4.78 is 11.4. The minimum Gasteiger partial charge on any atom is -0.497 e. The largest absolute Gasteiger partial charge is 0.497 e. The van der Waals surface area contributed by atoms with Gasteiger partial charge in [0.05, 0.1) is 19.4 Å². The number of benzene rings is 1. The maximum Gasteiger partial charge on any atom is 0.146 e. The number of methoxy groups -OCH3 is 1. The number of hydrogen-bond donors (Lipinski definition) is 0. The third kappa shape index (κ3) is 2.50. The van der Waals surface area contributed by atoms with Crippen molar-refractivity contribution in [3.05, 3.63) is 17.7 Å². The number of anilines is 1. The Balaban J connectivity index is 1.94. The summed E-state index contributed by atoms with van der Waals surface area (Å²) in [7, 11) is 3.91. The van der Waals surface area contributed by atoms with Crippen LogP contribution < -0.4 is 14.4 Å². The first-order chi connectivity index (χ1) is 9.28. The SMILES string of the molecule is COc1cc2c(c(N3CCN(C)CC3)c1)OCCC2. The van der Waals surface area contributed by atoms with Crippen molar-refractivity contribution in [2.24, 2.45) is 0 Å². The van der Waals surface area contributed by atoms with E-state index in [9.17, 15) is 0 Å². The number of ether oxygens (including phenoxy) is 2. The maximum absolute atomic E-state index is 5.92. The molecule has 2 aliphatic rings. The van der Waals surface area contributed by atoms with Gasteiger partial charge in [-0.05, 0) is 26.0 Å². The quantitative estimate of drug-likeness (QED) is 0.811. The number of nitrogens with zero attached hydrogens (tertiary/aromatic N) is 2. The van der Waals surface area contributed by atoms with Gasteiger partial charge in [-0.1, -0.05) is 0 Å². The van der Waals surface area contributed by atoms with Gasteiger partial charge in [0, 0.05) is 37.8 Å². The Morgan fingerprint density at radius 3 is 2.68 bits per heavy atom. The van der Waals surface area contributed by atoms with Crippen molar-refractivity contribution < 1.29 is 9.47 Å². The molecule has 0 radical (unpaired) electrons. The highest BCUT2D eigenvalue weighted by atomic mass is 16.5. The summed E-state index contributed by atoms with van der Waals surface area (Å²) in [5.41, 5.74) is 2.50. The zero-order valence-corrected chi connectivity index (χ0v) is 11.8. The van der Waals surface area contributed by atoms with Crippen LogP contribution in [0.5, 0.6) is 11.5 Å². The average molecular weight is 262 g/mol. The summed E-state index contributed by atoms with van der Waals surface area (Å²) in [5, 5.41) is 0. The van der Waals surface area contributed by atoms with Crippen LogP contribution in [-0.2, 0) is 6.42 Å². The van der Waals surface area contributed by atoms with E-state index in [0.717, 1.165) is 57.1 Å². The smallest absolute Gasteiger partial charge is 0.146 e. The topological polar surface area (TPSA) is 24.9 Å². The van der Waals surface area contributed by atoms with E-state index in [0.29, 0.717) is 0 Å². The summed E-state index contributed by atoms with van der Waals surface area (Å²) >= 11 is 0. The van der Waals surface area contributed by atoms with Gasteiger partial charge in [-0.25, -0.2) is 0 Å². The lowest BCUT2D eigenvalue weighted by atomic mass is 10.0. The molecule has 0 amide bonds. The molecule has 4 heteroatoms. The molecule has 19 heavy (non-hydrogen) atoms. The molecule has 0 spiro atoms. The van der Waals surface area contributed by atoms with E-state index in [-0.39, 0.29) is 0 Å². The fourth-order valence-electron chi connectivity index (χ4n) is 2.83. The number of rotatable bonds is 2. The van der Waals surface area contributed by atoms with E-state index in [1.807, 2.05) is 0 Å². The lowest BCUT2D eigenvalue weighted by molar-refractivity contribution is 0.282. The van der Waals surface area contributed by atoms with E-state index in [2.05, 4.69) is 29.0 Å². The molecular weight excluding hydrogens is 240 g/mol. The molecule has 0 bridgehead atoms. The first-order valence-corrected chi connectivity index (χ1v) is 7.05. The van der Waals surface area contributed by atoms with Crippen LogP contribution in [0.15, 0.2) is 12.1 Å². The zero-order valence-electron chi connectivity index (χ0n) is 11.8. The molecule has 0 aliphatic carbocycles. The van der Waals surface area contributed by atoms with Crippen molar-refractivity contribution in [1.29, 1.82) is 0 Å². The Hall–Kier alpha value is -1.42. The summed E-state index contributed by atoms with van der Waals surface area (Å²) in [6.45, 7) is 5.15. The van der Waals surface area contributed by atoms with Gasteiger partial charge in [0.1, 0.15) is 11.5 Å². The van der Waals surface area contributed by atoms with Crippen LogP contribution in [-0.4, -0.2) is 51.8 Å². The van der Waals surface area contributed by atoms with Crippen molar-refractivity contribution in [2.45, 2.75) is 12.8 Å². The number of hydrogen-bond acceptors (Lipinski definition) is 4. The minimum atomic E-state index is 0.833. The fraction of sp³-hybridized carbons (Fsp3) is 0.600. The Kier molecular flexibility index (Phi) is 3.51. The van der Waals surface area contributed by atoms with E-state index < -0.39 is 0 Å². The van der Waals surface area contributed by atoms with Crippen molar-refractivity contribution >= 4 is 5.69 Å². The standard InChI is InChI=1S/C15H22N2O2/c1-16-5-7-17(8-6-16)14-11-13(18-2)10-12-4-3-9-19-15(12)14/h10-11H,3-9H2,1-2H3. The zero-order chi connectivity index (χ0) is 13.2. The second kappa shape index (κ2) is 5.29. The molecule has 2 aliphatic heterocycles. The molecule has 0 N–H and O–H groups in total. The highest BCUT2D eigenvalue weighted by molar-refractivity contribution is 5.66. The molecule has 4 nitrogen and oxygen atoms in total. The van der Waals surface area contributed by atoms with E-state index in [1.54, 1.807) is 7.11 Å². The van der Waals surface area contributed by atoms with Crippen molar-refractivity contribution in [3.8, 4) is 11.5 Å². The minimum absolute atomic E-state index is 0.833. The van der Waals surface area contributed by atoms with E-state index in [4.69, 9.17) is 9.47 Å². The van der Waals surface area contributed by atoms with Gasteiger partial charge in [0.2, 0.25) is 0 Å². The van der Waals surface area contributed by atoms with Gasteiger partial charge >= 0.3 is 0 Å². The van der Waals surface area contributed by atoms with Crippen LogP contribution in [0.25, 0.3) is 0 Å². The normalized spacial score (nSPS) is 19.8.